The third-order valence-corrected chi connectivity index (χ3v) is 3.60. The molecule has 3 aromatic rings. The average molecular weight is 274 g/mol. The minimum Gasteiger partial charge on any atom is -0.493 e. The van der Waals surface area contributed by atoms with Gasteiger partial charge < -0.3 is 10.5 Å². The van der Waals surface area contributed by atoms with E-state index in [2.05, 4.69) is 17.0 Å². The van der Waals surface area contributed by atoms with Gasteiger partial charge in [0.25, 0.3) is 0 Å². The number of nitrogens with two attached hydrogens (primary N) is 1. The second-order valence-corrected chi connectivity index (χ2v) is 5.13. The summed E-state index contributed by atoms with van der Waals surface area (Å²) in [5.74, 6) is 2.25. The summed E-state index contributed by atoms with van der Waals surface area (Å²) in [7, 11) is 0. The van der Waals surface area contributed by atoms with Crippen LogP contribution in [-0.2, 0) is 6.42 Å². The number of nitrogen functional groups attached to an aromatic ring is 1. The monoisotopic (exact) mass is 274 g/mol. The second-order valence-electron chi connectivity index (χ2n) is 4.29. The molecule has 0 saturated heterocycles. The van der Waals surface area contributed by atoms with E-state index in [0.29, 0.717) is 18.8 Å². The molecule has 0 unspecified atom stereocenters. The summed E-state index contributed by atoms with van der Waals surface area (Å²) in [5, 5.41) is 6.16. The van der Waals surface area contributed by atoms with Gasteiger partial charge in [0.2, 0.25) is 4.96 Å². The van der Waals surface area contributed by atoms with Crippen molar-refractivity contribution in [2.75, 3.05) is 12.3 Å². The van der Waals surface area contributed by atoms with E-state index in [1.54, 1.807) is 4.52 Å². The van der Waals surface area contributed by atoms with Gasteiger partial charge in [0.15, 0.2) is 5.82 Å². The van der Waals surface area contributed by atoms with Crippen LogP contribution in [0.15, 0.2) is 29.6 Å². The first kappa shape index (κ1) is 12.0. The van der Waals surface area contributed by atoms with E-state index in [1.807, 2.05) is 29.6 Å². The lowest BCUT2D eigenvalue weighted by Gasteiger charge is -2.04. The average Bonchev–Trinajstić information content (AvgIpc) is 2.95. The summed E-state index contributed by atoms with van der Waals surface area (Å²) in [6.45, 7) is 2.61. The number of hydrogen-bond acceptors (Lipinski definition) is 5. The molecule has 2 aromatic heterocycles. The molecular weight excluding hydrogens is 260 g/mol. The molecule has 0 fully saturated rings. The first-order valence-electron chi connectivity index (χ1n) is 6.00. The third-order valence-electron chi connectivity index (χ3n) is 2.77. The summed E-state index contributed by atoms with van der Waals surface area (Å²) in [4.78, 5) is 5.21. The number of thiazole rings is 1. The number of anilines is 1. The van der Waals surface area contributed by atoms with Crippen molar-refractivity contribution in [3.8, 4) is 5.75 Å². The topological polar surface area (TPSA) is 65.4 Å². The van der Waals surface area contributed by atoms with Gasteiger partial charge in [-0.25, -0.2) is 4.98 Å². The van der Waals surface area contributed by atoms with Crippen LogP contribution in [0.5, 0.6) is 5.75 Å². The summed E-state index contributed by atoms with van der Waals surface area (Å²) in [6.07, 6.45) is 0.668. The van der Waals surface area contributed by atoms with E-state index in [1.165, 1.54) is 16.9 Å². The molecular formula is C13H14N4OS. The molecule has 98 valence electrons. The Labute approximate surface area is 114 Å². The summed E-state index contributed by atoms with van der Waals surface area (Å²) >= 11 is 1.49. The van der Waals surface area contributed by atoms with Gasteiger partial charge in [0.05, 0.1) is 6.61 Å². The molecule has 0 aliphatic heterocycles. The summed E-state index contributed by atoms with van der Waals surface area (Å²) in [5.41, 5.74) is 6.98. The lowest BCUT2D eigenvalue weighted by Crippen LogP contribution is -2.03. The van der Waals surface area contributed by atoms with Gasteiger partial charge in [-0.1, -0.05) is 17.7 Å². The number of ether oxygens (including phenoxy) is 1. The Morgan fingerprint density at radius 1 is 1.32 bits per heavy atom. The largest absolute Gasteiger partial charge is 0.493 e. The van der Waals surface area contributed by atoms with Gasteiger partial charge in [-0.3, -0.25) is 0 Å². The van der Waals surface area contributed by atoms with Crippen LogP contribution in [-0.4, -0.2) is 21.2 Å². The number of fused-ring (bicyclic) bond motifs is 1. The smallest absolute Gasteiger partial charge is 0.214 e. The van der Waals surface area contributed by atoms with Gasteiger partial charge in [-0.15, -0.1) is 16.4 Å². The highest BCUT2D eigenvalue weighted by molar-refractivity contribution is 7.15. The first-order valence-corrected chi connectivity index (χ1v) is 6.88. The quantitative estimate of drug-likeness (QED) is 0.793. The van der Waals surface area contributed by atoms with Crippen molar-refractivity contribution in [1.29, 1.82) is 0 Å². The van der Waals surface area contributed by atoms with Crippen molar-refractivity contribution >= 4 is 22.1 Å². The molecule has 2 N–H and O–H groups in total. The molecule has 6 heteroatoms. The zero-order valence-corrected chi connectivity index (χ0v) is 11.4. The first-order chi connectivity index (χ1) is 9.22. The molecule has 0 aliphatic rings. The van der Waals surface area contributed by atoms with Crippen molar-refractivity contribution < 1.29 is 4.74 Å². The Morgan fingerprint density at radius 3 is 2.84 bits per heavy atom. The minimum atomic E-state index is 0.556. The van der Waals surface area contributed by atoms with Crippen LogP contribution in [0, 0.1) is 6.92 Å². The molecule has 0 radical (unpaired) electrons. The fourth-order valence-electron chi connectivity index (χ4n) is 1.75. The van der Waals surface area contributed by atoms with Gasteiger partial charge in [0, 0.05) is 11.8 Å². The molecule has 0 atom stereocenters. The van der Waals surface area contributed by atoms with Crippen molar-refractivity contribution in [1.82, 2.24) is 14.6 Å². The number of hydrogen-bond donors (Lipinski definition) is 1. The maximum atomic E-state index is 5.76. The van der Waals surface area contributed by atoms with Gasteiger partial charge in [0.1, 0.15) is 11.6 Å². The molecule has 3 rings (SSSR count). The van der Waals surface area contributed by atoms with Gasteiger partial charge in [-0.2, -0.15) is 4.52 Å². The highest BCUT2D eigenvalue weighted by atomic mass is 32.1. The van der Waals surface area contributed by atoms with Crippen molar-refractivity contribution in [2.45, 2.75) is 13.3 Å². The lowest BCUT2D eigenvalue weighted by atomic mass is 10.2. The predicted octanol–water partition coefficient (Wildman–Crippen LogP) is 2.30. The number of nitrogens with zero attached hydrogens (tertiary/aromatic N) is 3. The van der Waals surface area contributed by atoms with Gasteiger partial charge >= 0.3 is 0 Å². The fourth-order valence-corrected chi connectivity index (χ4v) is 2.48. The second kappa shape index (κ2) is 4.89. The van der Waals surface area contributed by atoms with Crippen LogP contribution in [0.3, 0.4) is 0 Å². The van der Waals surface area contributed by atoms with Crippen molar-refractivity contribution in [2.24, 2.45) is 0 Å². The van der Waals surface area contributed by atoms with E-state index in [0.717, 1.165) is 16.5 Å². The van der Waals surface area contributed by atoms with Crippen LogP contribution >= 0.6 is 11.3 Å². The third kappa shape index (κ3) is 2.53. The molecule has 1 aromatic carbocycles. The van der Waals surface area contributed by atoms with E-state index >= 15 is 0 Å². The molecule has 0 amide bonds. The highest BCUT2D eigenvalue weighted by Crippen LogP contribution is 2.16. The zero-order valence-electron chi connectivity index (χ0n) is 10.5. The SMILES string of the molecule is Cc1ccc(OCCc2nc3scc(N)n3n2)cc1. The standard InChI is InChI=1S/C13H14N4OS/c1-9-2-4-10(5-3-9)18-7-6-12-15-13-17(16-12)11(14)8-19-13/h2-5,8H,6-7,14H2,1H3. The minimum absolute atomic E-state index is 0.556. The van der Waals surface area contributed by atoms with E-state index in [-0.39, 0.29) is 0 Å². The Balaban J connectivity index is 1.61. The highest BCUT2D eigenvalue weighted by Gasteiger charge is 2.07. The van der Waals surface area contributed by atoms with Crippen molar-refractivity contribution in [3.05, 3.63) is 41.0 Å². The molecule has 19 heavy (non-hydrogen) atoms. The van der Waals surface area contributed by atoms with Gasteiger partial charge in [-0.05, 0) is 19.1 Å². The van der Waals surface area contributed by atoms with Crippen LogP contribution < -0.4 is 10.5 Å². The van der Waals surface area contributed by atoms with E-state index < -0.39 is 0 Å². The molecule has 5 nitrogen and oxygen atoms in total. The summed E-state index contributed by atoms with van der Waals surface area (Å²) in [6, 6.07) is 7.99. The fraction of sp³-hybridized carbons (Fsp3) is 0.231. The molecule has 0 bridgehead atoms. The lowest BCUT2D eigenvalue weighted by molar-refractivity contribution is 0.319. The number of benzene rings is 1. The van der Waals surface area contributed by atoms with Crippen LogP contribution in [0.2, 0.25) is 0 Å². The zero-order chi connectivity index (χ0) is 13.2. The molecule has 0 spiro atoms. The number of aromatic nitrogens is 3. The Kier molecular flexibility index (Phi) is 3.08. The van der Waals surface area contributed by atoms with E-state index in [9.17, 15) is 0 Å². The Hall–Kier alpha value is -2.08. The van der Waals surface area contributed by atoms with Crippen LogP contribution in [0.25, 0.3) is 4.96 Å². The predicted molar refractivity (Wildman–Crippen MR) is 75.7 cm³/mol. The molecule has 0 saturated carbocycles. The Bertz CT molecular complexity index is 686. The summed E-state index contributed by atoms with van der Waals surface area (Å²) < 4.78 is 7.31. The van der Waals surface area contributed by atoms with E-state index in [4.69, 9.17) is 10.5 Å². The van der Waals surface area contributed by atoms with Crippen molar-refractivity contribution in [3.63, 3.8) is 0 Å². The molecule has 0 aliphatic carbocycles. The molecule has 2 heterocycles. The normalized spacial score (nSPS) is 11.0. The van der Waals surface area contributed by atoms with Crippen LogP contribution in [0.4, 0.5) is 5.82 Å². The Morgan fingerprint density at radius 2 is 2.11 bits per heavy atom. The maximum Gasteiger partial charge on any atom is 0.214 e. The maximum absolute atomic E-state index is 5.76. The number of rotatable bonds is 4. The van der Waals surface area contributed by atoms with Crippen LogP contribution in [0.1, 0.15) is 11.4 Å². The number of aryl methyl sites for hydroxylation is 1.